The van der Waals surface area contributed by atoms with E-state index in [1.807, 2.05) is 52.2 Å². The summed E-state index contributed by atoms with van der Waals surface area (Å²) in [4.78, 5) is 21.6. The number of nitrogens with one attached hydrogen (secondary N) is 1. The number of imidazole rings is 1. The third-order valence-corrected chi connectivity index (χ3v) is 4.30. The molecule has 0 radical (unpaired) electrons. The molecule has 2 aromatic heterocycles. The van der Waals surface area contributed by atoms with Crippen LogP contribution in [-0.4, -0.2) is 31.1 Å². The van der Waals surface area contributed by atoms with Crippen LogP contribution in [0.2, 0.25) is 0 Å². The van der Waals surface area contributed by atoms with Gasteiger partial charge in [-0.25, -0.2) is 9.97 Å². The minimum atomic E-state index is -1.02. The Bertz CT molecular complexity index is 769. The number of fused-ring (bicyclic) bond motifs is 1. The van der Waals surface area contributed by atoms with Gasteiger partial charge in [-0.05, 0) is 59.6 Å². The molecule has 24 heavy (non-hydrogen) atoms. The van der Waals surface area contributed by atoms with Crippen LogP contribution in [0.1, 0.15) is 58.7 Å². The molecule has 0 fully saturated rings. The van der Waals surface area contributed by atoms with E-state index in [-0.39, 0.29) is 17.9 Å². The highest BCUT2D eigenvalue weighted by atomic mass is 16.3. The largest absolute Gasteiger partial charge is 0.390 e. The SMILES string of the molecule is CCC(C)(O)CC(=O)Nc1nc2cc(C)c(C)nc2n1C(C)(C)C. The highest BCUT2D eigenvalue weighted by Gasteiger charge is 2.27. The molecule has 0 aliphatic rings. The summed E-state index contributed by atoms with van der Waals surface area (Å²) in [6.45, 7) is 13.6. The molecule has 2 N–H and O–H groups in total. The predicted molar refractivity (Wildman–Crippen MR) is 96.2 cm³/mol. The van der Waals surface area contributed by atoms with Crippen LogP contribution < -0.4 is 5.32 Å². The Morgan fingerprint density at radius 2 is 1.88 bits per heavy atom. The maximum absolute atomic E-state index is 12.3. The van der Waals surface area contributed by atoms with E-state index in [0.717, 1.165) is 22.4 Å². The zero-order valence-corrected chi connectivity index (χ0v) is 15.7. The van der Waals surface area contributed by atoms with Gasteiger partial charge in [0.2, 0.25) is 11.9 Å². The Labute approximate surface area is 143 Å². The molecule has 6 nitrogen and oxygen atoms in total. The molecule has 2 aromatic rings. The van der Waals surface area contributed by atoms with Gasteiger partial charge >= 0.3 is 0 Å². The van der Waals surface area contributed by atoms with Crippen molar-refractivity contribution in [1.29, 1.82) is 0 Å². The van der Waals surface area contributed by atoms with E-state index in [4.69, 9.17) is 0 Å². The predicted octanol–water partition coefficient (Wildman–Crippen LogP) is 3.29. The van der Waals surface area contributed by atoms with E-state index >= 15 is 0 Å². The maximum atomic E-state index is 12.3. The van der Waals surface area contributed by atoms with Gasteiger partial charge in [0.15, 0.2) is 5.65 Å². The highest BCUT2D eigenvalue weighted by molar-refractivity contribution is 5.91. The summed E-state index contributed by atoms with van der Waals surface area (Å²) < 4.78 is 1.94. The van der Waals surface area contributed by atoms with Crippen LogP contribution in [0, 0.1) is 13.8 Å². The topological polar surface area (TPSA) is 80.0 Å². The standard InChI is InChI=1S/C18H28N4O2/c1-8-18(7,24)10-14(23)21-16-20-13-9-11(2)12(3)19-15(13)22(16)17(4,5)6/h9,24H,8,10H2,1-7H3,(H,20,21,23). The Morgan fingerprint density at radius 3 is 2.42 bits per heavy atom. The molecule has 6 heteroatoms. The second-order valence-electron chi connectivity index (χ2n) is 7.75. The molecule has 1 amide bonds. The van der Waals surface area contributed by atoms with Gasteiger partial charge in [0, 0.05) is 11.2 Å². The minimum absolute atomic E-state index is 0.0301. The third-order valence-electron chi connectivity index (χ3n) is 4.30. The van der Waals surface area contributed by atoms with E-state index in [1.165, 1.54) is 0 Å². The zero-order chi connectivity index (χ0) is 18.3. The number of aromatic nitrogens is 3. The van der Waals surface area contributed by atoms with E-state index in [0.29, 0.717) is 12.4 Å². The van der Waals surface area contributed by atoms with Gasteiger partial charge in [-0.2, -0.15) is 0 Å². The fourth-order valence-corrected chi connectivity index (χ4v) is 2.55. The number of pyridine rings is 1. The average Bonchev–Trinajstić information content (AvgIpc) is 2.75. The normalized spacial score (nSPS) is 14.7. The van der Waals surface area contributed by atoms with Crippen molar-refractivity contribution in [3.8, 4) is 0 Å². The summed E-state index contributed by atoms with van der Waals surface area (Å²) in [6.07, 6.45) is 0.540. The van der Waals surface area contributed by atoms with Crippen LogP contribution in [0.5, 0.6) is 0 Å². The Balaban J connectivity index is 2.48. The molecular weight excluding hydrogens is 304 g/mol. The lowest BCUT2D eigenvalue weighted by Crippen LogP contribution is -2.32. The molecular formula is C18H28N4O2. The molecule has 2 heterocycles. The van der Waals surface area contributed by atoms with Crippen LogP contribution in [0.15, 0.2) is 6.07 Å². The van der Waals surface area contributed by atoms with Crippen molar-refractivity contribution < 1.29 is 9.90 Å². The van der Waals surface area contributed by atoms with Crippen molar-refractivity contribution in [2.75, 3.05) is 5.32 Å². The summed E-state index contributed by atoms with van der Waals surface area (Å²) in [5.74, 6) is 0.211. The Kier molecular flexibility index (Phi) is 4.72. The van der Waals surface area contributed by atoms with Gasteiger partial charge in [0.25, 0.3) is 0 Å². The number of aliphatic hydroxyl groups is 1. The maximum Gasteiger partial charge on any atom is 0.229 e. The van der Waals surface area contributed by atoms with Crippen LogP contribution in [0.4, 0.5) is 5.95 Å². The lowest BCUT2D eigenvalue weighted by atomic mass is 9.99. The van der Waals surface area contributed by atoms with E-state index in [1.54, 1.807) is 6.92 Å². The molecule has 132 valence electrons. The Hall–Kier alpha value is -1.95. The first-order valence-electron chi connectivity index (χ1n) is 8.34. The fourth-order valence-electron chi connectivity index (χ4n) is 2.55. The molecule has 0 aliphatic heterocycles. The molecule has 1 atom stereocenters. The van der Waals surface area contributed by atoms with Crippen LogP contribution >= 0.6 is 0 Å². The van der Waals surface area contributed by atoms with E-state index < -0.39 is 5.60 Å². The first kappa shape index (κ1) is 18.4. The summed E-state index contributed by atoms with van der Waals surface area (Å²) in [6, 6.07) is 1.98. The van der Waals surface area contributed by atoms with Gasteiger partial charge in [0.05, 0.1) is 12.0 Å². The molecule has 0 saturated heterocycles. The van der Waals surface area contributed by atoms with Gasteiger partial charge < -0.3 is 5.11 Å². The van der Waals surface area contributed by atoms with Crippen molar-refractivity contribution in [2.45, 2.75) is 72.4 Å². The lowest BCUT2D eigenvalue weighted by Gasteiger charge is -2.25. The fraction of sp³-hybridized carbons (Fsp3) is 0.611. The third kappa shape index (κ3) is 3.75. The average molecular weight is 332 g/mol. The lowest BCUT2D eigenvalue weighted by molar-refractivity contribution is -0.120. The highest BCUT2D eigenvalue weighted by Crippen LogP contribution is 2.28. The van der Waals surface area contributed by atoms with Gasteiger partial charge in [0.1, 0.15) is 5.52 Å². The number of anilines is 1. The molecule has 0 aromatic carbocycles. The van der Waals surface area contributed by atoms with Gasteiger partial charge in [-0.1, -0.05) is 6.92 Å². The van der Waals surface area contributed by atoms with Gasteiger partial charge in [-0.3, -0.25) is 14.7 Å². The summed E-state index contributed by atoms with van der Waals surface area (Å²) >= 11 is 0. The summed E-state index contributed by atoms with van der Waals surface area (Å²) in [7, 11) is 0. The number of rotatable bonds is 4. The molecule has 0 spiro atoms. The second kappa shape index (κ2) is 6.16. The molecule has 0 bridgehead atoms. The number of hydrogen-bond donors (Lipinski definition) is 2. The molecule has 0 aliphatic carbocycles. The van der Waals surface area contributed by atoms with Crippen molar-refractivity contribution in [3.63, 3.8) is 0 Å². The first-order chi connectivity index (χ1) is 10.9. The minimum Gasteiger partial charge on any atom is -0.390 e. The van der Waals surface area contributed by atoms with Crippen LogP contribution in [0.25, 0.3) is 11.2 Å². The number of hydrogen-bond acceptors (Lipinski definition) is 4. The van der Waals surface area contributed by atoms with E-state index in [2.05, 4.69) is 15.3 Å². The molecule has 1 unspecified atom stereocenters. The molecule has 2 rings (SSSR count). The van der Waals surface area contributed by atoms with Crippen LogP contribution in [0.3, 0.4) is 0 Å². The van der Waals surface area contributed by atoms with Crippen molar-refractivity contribution in [1.82, 2.24) is 14.5 Å². The second-order valence-corrected chi connectivity index (χ2v) is 7.75. The quantitative estimate of drug-likeness (QED) is 0.900. The van der Waals surface area contributed by atoms with Crippen LogP contribution in [-0.2, 0) is 10.3 Å². The number of carbonyl (C=O) groups excluding carboxylic acids is 1. The summed E-state index contributed by atoms with van der Waals surface area (Å²) in [5, 5.41) is 13.0. The first-order valence-corrected chi connectivity index (χ1v) is 8.34. The number of carbonyl (C=O) groups is 1. The number of amides is 1. The smallest absolute Gasteiger partial charge is 0.229 e. The van der Waals surface area contributed by atoms with Crippen molar-refractivity contribution in [2.24, 2.45) is 0 Å². The monoisotopic (exact) mass is 332 g/mol. The van der Waals surface area contributed by atoms with Crippen molar-refractivity contribution >= 4 is 23.0 Å². The number of aryl methyl sites for hydroxylation is 2. The number of nitrogens with zero attached hydrogens (tertiary/aromatic N) is 3. The summed E-state index contributed by atoms with van der Waals surface area (Å²) in [5.41, 5.74) is 2.20. The Morgan fingerprint density at radius 1 is 1.25 bits per heavy atom. The molecule has 0 saturated carbocycles. The van der Waals surface area contributed by atoms with E-state index in [9.17, 15) is 9.90 Å². The zero-order valence-electron chi connectivity index (χ0n) is 15.7. The van der Waals surface area contributed by atoms with Crippen molar-refractivity contribution in [3.05, 3.63) is 17.3 Å². The van der Waals surface area contributed by atoms with Gasteiger partial charge in [-0.15, -0.1) is 0 Å².